The molecular formula is C33H53N5O11. The lowest BCUT2D eigenvalue weighted by Crippen LogP contribution is -2.58. The van der Waals surface area contributed by atoms with Gasteiger partial charge in [0.25, 0.3) is 5.91 Å². The van der Waals surface area contributed by atoms with E-state index in [4.69, 9.17) is 9.47 Å². The molecule has 2 aliphatic heterocycles. The SMILES string of the molecule is CC(=O)OC(C(CC(O)C/C(O)=C/O)NC(=O)C1N=C(C(C)N(C)C)NC1C)C(C)(C)C(=O)OC(/C(O)=C1\C(=O)C(C)N(C)C1=O)C(C)C. The average molecular weight is 696 g/mol. The number of amidine groups is 1. The number of Topliss-reactive ketones (excluding diaryl/α,β-unsaturated/α-hetero) is 1. The number of esters is 2. The van der Waals surface area contributed by atoms with Gasteiger partial charge in [-0.1, -0.05) is 13.8 Å². The number of hydrogen-bond acceptors (Lipinski definition) is 14. The van der Waals surface area contributed by atoms with E-state index in [1.54, 1.807) is 20.8 Å². The van der Waals surface area contributed by atoms with Gasteiger partial charge in [0.1, 0.15) is 40.7 Å². The molecule has 16 heteroatoms. The van der Waals surface area contributed by atoms with E-state index in [1.165, 1.54) is 27.8 Å². The Kier molecular flexibility index (Phi) is 13.8. The van der Waals surface area contributed by atoms with E-state index in [0.29, 0.717) is 12.1 Å². The minimum atomic E-state index is -1.79. The fourth-order valence-corrected chi connectivity index (χ4v) is 5.59. The van der Waals surface area contributed by atoms with Crippen LogP contribution in [0.15, 0.2) is 28.3 Å². The number of nitrogens with zero attached hydrogens (tertiary/aromatic N) is 3. The van der Waals surface area contributed by atoms with Gasteiger partial charge in [0, 0.05) is 20.4 Å². The molecule has 1 saturated heterocycles. The number of nitrogens with one attached hydrogen (secondary N) is 2. The number of aliphatic hydroxyl groups excluding tert-OH is 4. The third-order valence-corrected chi connectivity index (χ3v) is 9.02. The highest BCUT2D eigenvalue weighted by atomic mass is 16.6. The summed E-state index contributed by atoms with van der Waals surface area (Å²) in [5, 5.41) is 47.0. The molecule has 2 amide bonds. The van der Waals surface area contributed by atoms with Crippen molar-refractivity contribution in [3.05, 3.63) is 23.4 Å². The van der Waals surface area contributed by atoms with Gasteiger partial charge in [0.2, 0.25) is 5.91 Å². The van der Waals surface area contributed by atoms with Crippen molar-refractivity contribution in [3.63, 3.8) is 0 Å². The topological polar surface area (TPSA) is 228 Å². The van der Waals surface area contributed by atoms with E-state index in [-0.39, 0.29) is 12.5 Å². The molecule has 2 aliphatic rings. The Bertz CT molecular complexity index is 1350. The number of likely N-dealkylation sites (tertiary alicyclic amines) is 1. The fourth-order valence-electron chi connectivity index (χ4n) is 5.59. The van der Waals surface area contributed by atoms with Crippen molar-refractivity contribution in [2.45, 2.75) is 117 Å². The van der Waals surface area contributed by atoms with Crippen LogP contribution in [0.1, 0.15) is 68.2 Å². The molecule has 0 aromatic carbocycles. The van der Waals surface area contributed by atoms with Crippen molar-refractivity contribution in [1.82, 2.24) is 20.4 Å². The molecule has 8 atom stereocenters. The lowest BCUT2D eigenvalue weighted by Gasteiger charge is -2.39. The summed E-state index contributed by atoms with van der Waals surface area (Å²) in [5.74, 6) is -5.16. The maximum Gasteiger partial charge on any atom is 0.316 e. The largest absolute Gasteiger partial charge is 0.512 e. The smallest absolute Gasteiger partial charge is 0.316 e. The number of amides is 2. The summed E-state index contributed by atoms with van der Waals surface area (Å²) in [6.07, 6.45) is -4.76. The monoisotopic (exact) mass is 695 g/mol. The molecule has 2 rings (SSSR count). The van der Waals surface area contributed by atoms with E-state index in [0.717, 1.165) is 11.8 Å². The second kappa shape index (κ2) is 16.5. The summed E-state index contributed by atoms with van der Waals surface area (Å²) in [4.78, 5) is 73.4. The molecule has 16 nitrogen and oxygen atoms in total. The van der Waals surface area contributed by atoms with Crippen molar-refractivity contribution in [2.24, 2.45) is 16.3 Å². The molecule has 49 heavy (non-hydrogen) atoms. The third kappa shape index (κ3) is 9.50. The molecule has 0 aromatic heterocycles. The molecule has 0 radical (unpaired) electrons. The van der Waals surface area contributed by atoms with Crippen LogP contribution < -0.4 is 10.6 Å². The minimum absolute atomic E-state index is 0.146. The molecule has 8 unspecified atom stereocenters. The number of rotatable bonds is 15. The van der Waals surface area contributed by atoms with Crippen LogP contribution in [0, 0.1) is 11.3 Å². The number of carbonyl (C=O) groups excluding carboxylic acids is 5. The van der Waals surface area contributed by atoms with E-state index in [2.05, 4.69) is 15.6 Å². The van der Waals surface area contributed by atoms with Crippen molar-refractivity contribution >= 4 is 35.4 Å². The van der Waals surface area contributed by atoms with Gasteiger partial charge >= 0.3 is 11.9 Å². The molecular weight excluding hydrogens is 642 g/mol. The van der Waals surface area contributed by atoms with Gasteiger partial charge in [-0.2, -0.15) is 0 Å². The van der Waals surface area contributed by atoms with E-state index in [9.17, 15) is 44.4 Å². The maximum absolute atomic E-state index is 14.0. The van der Waals surface area contributed by atoms with Gasteiger partial charge in [-0.15, -0.1) is 0 Å². The molecule has 0 bridgehead atoms. The molecule has 0 aromatic rings. The Morgan fingerprint density at radius 1 is 1.12 bits per heavy atom. The summed E-state index contributed by atoms with van der Waals surface area (Å²) in [7, 11) is 5.12. The van der Waals surface area contributed by atoms with Crippen molar-refractivity contribution in [1.29, 1.82) is 0 Å². The Morgan fingerprint density at radius 3 is 2.18 bits per heavy atom. The first-order valence-corrected chi connectivity index (χ1v) is 16.2. The van der Waals surface area contributed by atoms with Crippen molar-refractivity contribution < 1.29 is 53.9 Å². The molecule has 1 fully saturated rings. The first kappa shape index (κ1) is 41.0. The summed E-state index contributed by atoms with van der Waals surface area (Å²) in [6.45, 7) is 12.2. The third-order valence-electron chi connectivity index (χ3n) is 9.02. The first-order valence-electron chi connectivity index (χ1n) is 16.2. The van der Waals surface area contributed by atoms with Gasteiger partial charge in [-0.25, -0.2) is 0 Å². The van der Waals surface area contributed by atoms with Gasteiger partial charge in [-0.3, -0.25) is 33.9 Å². The number of aliphatic imine (C=N–C) groups is 1. The first-order chi connectivity index (χ1) is 22.6. The van der Waals surface area contributed by atoms with E-state index >= 15 is 0 Å². The Balaban J connectivity index is 2.56. The highest BCUT2D eigenvalue weighted by Gasteiger charge is 2.49. The molecule has 6 N–H and O–H groups in total. The highest BCUT2D eigenvalue weighted by molar-refractivity contribution is 6.26. The van der Waals surface area contributed by atoms with Gasteiger partial charge < -0.3 is 45.4 Å². The van der Waals surface area contributed by atoms with Crippen LogP contribution in [0.4, 0.5) is 0 Å². The zero-order chi connectivity index (χ0) is 37.7. The number of carbonyl (C=O) groups is 5. The van der Waals surface area contributed by atoms with Crippen LogP contribution in [0.2, 0.25) is 0 Å². The van der Waals surface area contributed by atoms with Gasteiger partial charge in [0.15, 0.2) is 17.9 Å². The normalized spacial score (nSPS) is 24.2. The van der Waals surface area contributed by atoms with Crippen LogP contribution in [0.25, 0.3) is 0 Å². The van der Waals surface area contributed by atoms with Crippen LogP contribution in [-0.4, -0.2) is 135 Å². The summed E-state index contributed by atoms with van der Waals surface area (Å²) in [6, 6.07) is -3.65. The Morgan fingerprint density at radius 2 is 1.71 bits per heavy atom. The zero-order valence-electron chi connectivity index (χ0n) is 30.2. The zero-order valence-corrected chi connectivity index (χ0v) is 30.2. The van der Waals surface area contributed by atoms with Crippen molar-refractivity contribution in [2.75, 3.05) is 21.1 Å². The molecule has 0 spiro atoms. The summed E-state index contributed by atoms with van der Waals surface area (Å²) in [5.41, 5.74) is -2.29. The summed E-state index contributed by atoms with van der Waals surface area (Å²) >= 11 is 0. The lowest BCUT2D eigenvalue weighted by molar-refractivity contribution is -0.178. The number of aliphatic hydroxyl groups is 4. The Labute approximate surface area is 287 Å². The molecule has 0 aliphatic carbocycles. The van der Waals surface area contributed by atoms with Crippen molar-refractivity contribution in [3.8, 4) is 0 Å². The average Bonchev–Trinajstić information content (AvgIpc) is 3.49. The van der Waals surface area contributed by atoms with E-state index < -0.39 is 107 Å². The predicted octanol–water partition coefficient (Wildman–Crippen LogP) is 1.05. The van der Waals surface area contributed by atoms with Crippen LogP contribution in [0.5, 0.6) is 0 Å². The number of hydrogen-bond donors (Lipinski definition) is 6. The molecule has 0 saturated carbocycles. The van der Waals surface area contributed by atoms with Crippen LogP contribution in [-0.2, 0) is 33.4 Å². The number of ether oxygens (including phenoxy) is 2. The quantitative estimate of drug-likeness (QED) is 0.0610. The Hall–Kier alpha value is -4.18. The maximum atomic E-state index is 14.0. The fraction of sp³-hybridized carbons (Fsp3) is 0.697. The summed E-state index contributed by atoms with van der Waals surface area (Å²) < 4.78 is 11.4. The second-order valence-corrected chi connectivity index (χ2v) is 13.9. The predicted molar refractivity (Wildman–Crippen MR) is 178 cm³/mol. The molecule has 276 valence electrons. The van der Waals surface area contributed by atoms with Gasteiger partial charge in [0.05, 0.1) is 30.3 Å². The second-order valence-electron chi connectivity index (χ2n) is 13.9. The number of ketones is 1. The van der Waals surface area contributed by atoms with E-state index in [1.807, 2.05) is 25.9 Å². The van der Waals surface area contributed by atoms with Crippen LogP contribution >= 0.6 is 0 Å². The highest BCUT2D eigenvalue weighted by Crippen LogP contribution is 2.34. The van der Waals surface area contributed by atoms with Crippen LogP contribution in [0.3, 0.4) is 0 Å². The van der Waals surface area contributed by atoms with Gasteiger partial charge in [-0.05, 0) is 61.1 Å². The number of likely N-dealkylation sites (N-methyl/N-ethyl adjacent to an activating group) is 2. The standard InChI is InChI=1S/C33H53N5O11/c1-15(2)27(26(44)23-25(43)17(4)38(11)31(23)46)49-32(47)33(7,8)28(48-19(6)40)22(13-20(41)12-21(42)14-39)35-30(45)24-16(3)34-29(36-24)18(5)37(9)10/h14-18,20,22,24,27-28,39,41-42,44H,12-13H2,1-11H3,(H,34,36)(H,35,45)/b21-14-,26-23-. The minimum Gasteiger partial charge on any atom is -0.512 e. The lowest BCUT2D eigenvalue weighted by atomic mass is 9.80. The molecule has 2 heterocycles.